The highest BCUT2D eigenvalue weighted by Gasteiger charge is 2.18. The van der Waals surface area contributed by atoms with Gasteiger partial charge in [-0.15, -0.1) is 0 Å². The lowest BCUT2D eigenvalue weighted by atomic mass is 10.2. The topological polar surface area (TPSA) is 55.4 Å². The summed E-state index contributed by atoms with van der Waals surface area (Å²) in [6.07, 6.45) is 0. The molecule has 20 heavy (non-hydrogen) atoms. The van der Waals surface area contributed by atoms with Gasteiger partial charge in [0.2, 0.25) is 0 Å². The molecule has 0 atom stereocenters. The van der Waals surface area contributed by atoms with Crippen LogP contribution in [0.4, 0.5) is 0 Å². The molecule has 0 spiro atoms. The quantitative estimate of drug-likeness (QED) is 0.514. The summed E-state index contributed by atoms with van der Waals surface area (Å²) in [5.41, 5.74) is 0. The monoisotopic (exact) mass is 292 g/mol. The van der Waals surface area contributed by atoms with Crippen molar-refractivity contribution < 1.29 is 27.9 Å². The minimum Gasteiger partial charge on any atom is -0.386 e. The minimum atomic E-state index is -0.472. The van der Waals surface area contributed by atoms with Crippen LogP contribution >= 0.6 is 0 Å². The van der Waals surface area contributed by atoms with Crippen molar-refractivity contribution in [3.8, 4) is 0 Å². The van der Waals surface area contributed by atoms with Gasteiger partial charge in [-0.2, -0.15) is 0 Å². The van der Waals surface area contributed by atoms with Gasteiger partial charge in [0, 0.05) is 39.6 Å². The fourth-order valence-electron chi connectivity index (χ4n) is 1.11. The Kier molecular flexibility index (Phi) is 20.9. The molecule has 0 aromatic carbocycles. The fraction of sp³-hybridized carbons (Fsp3) is 1.00. The van der Waals surface area contributed by atoms with E-state index in [0.717, 1.165) is 0 Å². The summed E-state index contributed by atoms with van der Waals surface area (Å²) in [5.74, 6) is 0. The molecule has 0 fully saturated rings. The van der Waals surface area contributed by atoms with Gasteiger partial charge in [-0.05, 0) is 41.5 Å². The number of hydrogen-bond acceptors (Lipinski definition) is 6. The minimum absolute atomic E-state index is 0.472. The zero-order valence-electron chi connectivity index (χ0n) is 13.8. The van der Waals surface area contributed by atoms with Crippen molar-refractivity contribution >= 4 is 14.6 Å². The largest absolute Gasteiger partial charge is 0.639 e. The van der Waals surface area contributed by atoms with Gasteiger partial charge in [-0.3, -0.25) is 0 Å². The van der Waals surface area contributed by atoms with Crippen LogP contribution in [0.3, 0.4) is 0 Å². The maximum atomic E-state index is 5.08. The van der Waals surface area contributed by atoms with Crippen LogP contribution in [-0.4, -0.2) is 54.3 Å². The molecule has 8 heteroatoms. The van der Waals surface area contributed by atoms with E-state index >= 15 is 0 Å². The van der Waals surface area contributed by atoms with Crippen LogP contribution < -0.4 is 0 Å². The van der Waals surface area contributed by atoms with E-state index in [2.05, 4.69) is 0 Å². The second-order valence-electron chi connectivity index (χ2n) is 3.31. The van der Waals surface area contributed by atoms with Gasteiger partial charge in [0.25, 0.3) is 0 Å². The summed E-state index contributed by atoms with van der Waals surface area (Å²) in [6, 6.07) is 0. The van der Waals surface area contributed by atoms with E-state index in [1.165, 1.54) is 0 Å². The average Bonchev–Trinajstić information content (AvgIpc) is 2.41. The maximum Gasteiger partial charge on any atom is 0.639 e. The Hall–Kier alpha value is -0.110. The van der Waals surface area contributed by atoms with Gasteiger partial charge >= 0.3 is 14.6 Å². The maximum absolute atomic E-state index is 5.08. The normalized spacial score (nSPS) is 9.90. The van der Waals surface area contributed by atoms with Crippen molar-refractivity contribution in [1.29, 1.82) is 0 Å². The lowest BCUT2D eigenvalue weighted by Crippen LogP contribution is -2.27. The molecule has 0 aromatic heterocycles. The second-order valence-corrected chi connectivity index (χ2v) is 3.31. The number of rotatable bonds is 12. The first-order valence-electron chi connectivity index (χ1n) is 7.39. The van der Waals surface area contributed by atoms with E-state index in [1.54, 1.807) is 0 Å². The van der Waals surface area contributed by atoms with E-state index < -0.39 is 14.6 Å². The summed E-state index contributed by atoms with van der Waals surface area (Å²) in [6.45, 7) is 15.1. The highest BCUT2D eigenvalue weighted by molar-refractivity contribution is 6.36. The molecule has 0 rings (SSSR count). The van der Waals surface area contributed by atoms with Crippen molar-refractivity contribution in [2.45, 2.75) is 41.5 Å². The van der Waals surface area contributed by atoms with Crippen LogP contribution in [0.5, 0.6) is 0 Å². The summed E-state index contributed by atoms with van der Waals surface area (Å²) in [4.78, 5) is 0. The fourth-order valence-corrected chi connectivity index (χ4v) is 1.11. The van der Waals surface area contributed by atoms with E-state index in [4.69, 9.17) is 27.9 Å². The second kappa shape index (κ2) is 18.9. The highest BCUT2D eigenvalue weighted by Crippen LogP contribution is 1.91. The van der Waals surface area contributed by atoms with Gasteiger partial charge in [0.15, 0.2) is 0 Å². The first kappa shape index (κ1) is 22.2. The van der Waals surface area contributed by atoms with Gasteiger partial charge in [-0.25, -0.2) is 0 Å². The van der Waals surface area contributed by atoms with Crippen molar-refractivity contribution in [3.63, 3.8) is 0 Å². The molecule has 0 bridgehead atoms. The highest BCUT2D eigenvalue weighted by atomic mass is 16.7. The smallest absolute Gasteiger partial charge is 0.386 e. The SMILES string of the molecule is CCOB(OCC)OCC.CCOB(OCC)OCC. The Morgan fingerprint density at radius 2 is 0.550 bits per heavy atom. The predicted molar refractivity (Wildman–Crippen MR) is 81.3 cm³/mol. The van der Waals surface area contributed by atoms with Gasteiger partial charge in [0.05, 0.1) is 0 Å². The molecule has 6 nitrogen and oxygen atoms in total. The van der Waals surface area contributed by atoms with Crippen molar-refractivity contribution in [1.82, 2.24) is 0 Å². The molecule has 0 amide bonds. The van der Waals surface area contributed by atoms with E-state index in [9.17, 15) is 0 Å². The molecular weight excluding hydrogens is 262 g/mol. The molecule has 0 radical (unpaired) electrons. The third-order valence-corrected chi connectivity index (χ3v) is 1.82. The third kappa shape index (κ3) is 15.9. The Labute approximate surface area is 124 Å². The molecule has 0 saturated carbocycles. The summed E-state index contributed by atoms with van der Waals surface area (Å²) >= 11 is 0. The molecule has 0 saturated heterocycles. The molecule has 0 heterocycles. The first-order valence-corrected chi connectivity index (χ1v) is 7.39. The van der Waals surface area contributed by atoms with Crippen LogP contribution in [0.2, 0.25) is 0 Å². The number of hydrogen-bond donors (Lipinski definition) is 0. The van der Waals surface area contributed by atoms with Crippen LogP contribution in [0, 0.1) is 0 Å². The molecule has 0 aliphatic heterocycles. The lowest BCUT2D eigenvalue weighted by Gasteiger charge is -2.09. The van der Waals surface area contributed by atoms with Crippen molar-refractivity contribution in [2.75, 3.05) is 39.6 Å². The Bertz CT molecular complexity index is 129. The molecule has 0 N–H and O–H groups in total. The summed E-state index contributed by atoms with van der Waals surface area (Å²) < 4.78 is 30.5. The third-order valence-electron chi connectivity index (χ3n) is 1.82. The summed E-state index contributed by atoms with van der Waals surface area (Å²) in [7, 11) is -0.944. The van der Waals surface area contributed by atoms with Crippen molar-refractivity contribution in [3.05, 3.63) is 0 Å². The average molecular weight is 292 g/mol. The zero-order valence-corrected chi connectivity index (χ0v) is 13.8. The lowest BCUT2D eigenvalue weighted by molar-refractivity contribution is 0.106. The standard InChI is InChI=1S/2C6H15BO3/c2*1-4-8-7(9-5-2)10-6-3/h2*4-6H2,1-3H3. The zero-order chi connectivity index (χ0) is 15.6. The predicted octanol–water partition coefficient (Wildman–Crippen LogP) is 2.16. The Balaban J connectivity index is 0. The van der Waals surface area contributed by atoms with Gasteiger partial charge in [0.1, 0.15) is 0 Å². The Morgan fingerprint density at radius 3 is 0.650 bits per heavy atom. The molecule has 0 aliphatic rings. The molecule has 0 aliphatic carbocycles. The van der Waals surface area contributed by atoms with Gasteiger partial charge < -0.3 is 27.9 Å². The van der Waals surface area contributed by atoms with Gasteiger partial charge in [-0.1, -0.05) is 0 Å². The first-order chi connectivity index (χ1) is 9.69. The Morgan fingerprint density at radius 1 is 0.400 bits per heavy atom. The van der Waals surface area contributed by atoms with Crippen LogP contribution in [0.15, 0.2) is 0 Å². The summed E-state index contributed by atoms with van der Waals surface area (Å²) in [5, 5.41) is 0. The van der Waals surface area contributed by atoms with Crippen LogP contribution in [-0.2, 0) is 27.9 Å². The van der Waals surface area contributed by atoms with Crippen LogP contribution in [0.1, 0.15) is 41.5 Å². The molecule has 0 aromatic rings. The van der Waals surface area contributed by atoms with E-state index in [-0.39, 0.29) is 0 Å². The van der Waals surface area contributed by atoms with E-state index in [0.29, 0.717) is 39.6 Å². The molecular formula is C12H30B2O6. The molecule has 120 valence electrons. The molecule has 0 unspecified atom stereocenters. The van der Waals surface area contributed by atoms with Crippen molar-refractivity contribution in [2.24, 2.45) is 0 Å². The van der Waals surface area contributed by atoms with Crippen LogP contribution in [0.25, 0.3) is 0 Å². The van der Waals surface area contributed by atoms with E-state index in [1.807, 2.05) is 41.5 Å².